The highest BCUT2D eigenvalue weighted by atomic mass is 35.6. The van der Waals surface area contributed by atoms with Crippen molar-refractivity contribution in [3.63, 3.8) is 0 Å². The van der Waals surface area contributed by atoms with Crippen LogP contribution in [0.1, 0.15) is 18.6 Å². The number of halogens is 6. The summed E-state index contributed by atoms with van der Waals surface area (Å²) in [5.74, 6) is -0.230. The van der Waals surface area contributed by atoms with Crippen LogP contribution in [-0.2, 0) is 16.7 Å². The SMILES string of the molecule is CCO[PH](=O)c1ccc(-c2nc(C(Cl)(Cl)Cl)nc(C(Cl)(Cl)Cl)n2)cc1. The van der Waals surface area contributed by atoms with E-state index in [4.69, 9.17) is 74.1 Å². The molecule has 2 aromatic rings. The van der Waals surface area contributed by atoms with E-state index in [1.807, 2.05) is 0 Å². The molecule has 1 heterocycles. The standard InChI is InChI=1S/C13H10Cl6N3O2P/c1-2-24-25(23)8-5-3-7(4-6-8)9-20-10(12(14,15)16)22-11(21-9)13(17,18)19/h3-6,25H,2H2,1H3. The fraction of sp³-hybridized carbons (Fsp3) is 0.308. The maximum absolute atomic E-state index is 11.9. The summed E-state index contributed by atoms with van der Waals surface area (Å²) in [7, 11) is -2.31. The number of hydrogen-bond acceptors (Lipinski definition) is 5. The van der Waals surface area contributed by atoms with E-state index in [9.17, 15) is 4.57 Å². The van der Waals surface area contributed by atoms with E-state index in [-0.39, 0.29) is 17.5 Å². The Hall–Kier alpha value is 0.160. The minimum Gasteiger partial charge on any atom is -0.328 e. The summed E-state index contributed by atoms with van der Waals surface area (Å²) in [6.45, 7) is 2.12. The highest BCUT2D eigenvalue weighted by Crippen LogP contribution is 2.40. The number of nitrogens with zero attached hydrogens (tertiary/aromatic N) is 3. The monoisotopic (exact) mass is 481 g/mol. The third-order valence-electron chi connectivity index (χ3n) is 2.80. The lowest BCUT2D eigenvalue weighted by Crippen LogP contribution is -2.16. The molecule has 5 nitrogen and oxygen atoms in total. The van der Waals surface area contributed by atoms with Crippen LogP contribution in [0.25, 0.3) is 11.4 Å². The van der Waals surface area contributed by atoms with Gasteiger partial charge in [0.05, 0.1) is 6.61 Å². The molecular formula is C13H10Cl6N3O2P. The van der Waals surface area contributed by atoms with Crippen molar-refractivity contribution >= 4 is 82.9 Å². The van der Waals surface area contributed by atoms with Crippen molar-refractivity contribution in [3.05, 3.63) is 35.9 Å². The molecule has 0 spiro atoms. The van der Waals surface area contributed by atoms with Gasteiger partial charge in [0.15, 0.2) is 17.5 Å². The van der Waals surface area contributed by atoms with Gasteiger partial charge >= 0.3 is 0 Å². The van der Waals surface area contributed by atoms with Crippen LogP contribution in [-0.4, -0.2) is 21.6 Å². The van der Waals surface area contributed by atoms with Crippen molar-refractivity contribution in [1.29, 1.82) is 0 Å². The van der Waals surface area contributed by atoms with Crippen LogP contribution in [0.4, 0.5) is 0 Å². The molecule has 0 aliphatic rings. The van der Waals surface area contributed by atoms with Gasteiger partial charge in [-0.25, -0.2) is 15.0 Å². The number of aromatic nitrogens is 3. The largest absolute Gasteiger partial charge is 0.328 e. The van der Waals surface area contributed by atoms with Gasteiger partial charge in [-0.1, -0.05) is 81.7 Å². The molecule has 0 amide bonds. The van der Waals surface area contributed by atoms with Crippen molar-refractivity contribution in [3.8, 4) is 11.4 Å². The second-order valence-electron chi connectivity index (χ2n) is 4.60. The van der Waals surface area contributed by atoms with Gasteiger partial charge in [0.25, 0.3) is 0 Å². The quantitative estimate of drug-likeness (QED) is 0.434. The lowest BCUT2D eigenvalue weighted by Gasteiger charge is -2.15. The van der Waals surface area contributed by atoms with E-state index in [0.717, 1.165) is 0 Å². The summed E-state index contributed by atoms with van der Waals surface area (Å²) in [6.07, 6.45) is 0. The summed E-state index contributed by atoms with van der Waals surface area (Å²) in [5, 5.41) is 0.549. The van der Waals surface area contributed by atoms with Crippen LogP contribution in [0, 0.1) is 0 Å². The highest BCUT2D eigenvalue weighted by Gasteiger charge is 2.34. The van der Waals surface area contributed by atoms with Gasteiger partial charge in [0, 0.05) is 10.9 Å². The fourth-order valence-electron chi connectivity index (χ4n) is 1.73. The average molecular weight is 484 g/mol. The molecule has 0 aliphatic heterocycles. The lowest BCUT2D eigenvalue weighted by molar-refractivity contribution is 0.357. The first-order valence-corrected chi connectivity index (χ1v) is 10.3. The summed E-state index contributed by atoms with van der Waals surface area (Å²) in [5.41, 5.74) is 0.531. The topological polar surface area (TPSA) is 65.0 Å². The lowest BCUT2D eigenvalue weighted by atomic mass is 10.2. The molecule has 1 aromatic carbocycles. The maximum Gasteiger partial charge on any atom is 0.250 e. The van der Waals surface area contributed by atoms with Gasteiger partial charge in [-0.2, -0.15) is 0 Å². The Labute approximate surface area is 174 Å². The average Bonchev–Trinajstić information content (AvgIpc) is 2.53. The van der Waals surface area contributed by atoms with Crippen molar-refractivity contribution in [2.75, 3.05) is 6.61 Å². The Balaban J connectivity index is 2.49. The molecular weight excluding hydrogens is 474 g/mol. The molecule has 0 N–H and O–H groups in total. The summed E-state index contributed by atoms with van der Waals surface area (Å²) in [4.78, 5) is 12.1. The summed E-state index contributed by atoms with van der Waals surface area (Å²) >= 11 is 35.0. The molecule has 1 unspecified atom stereocenters. The summed E-state index contributed by atoms with van der Waals surface area (Å²) in [6, 6.07) is 6.52. The first-order chi connectivity index (χ1) is 11.5. The highest BCUT2D eigenvalue weighted by molar-refractivity contribution is 7.48. The number of rotatable bonds is 4. The van der Waals surface area contributed by atoms with Crippen molar-refractivity contribution in [2.45, 2.75) is 14.5 Å². The zero-order valence-electron chi connectivity index (χ0n) is 12.4. The predicted molar refractivity (Wildman–Crippen MR) is 104 cm³/mol. The molecule has 25 heavy (non-hydrogen) atoms. The summed E-state index contributed by atoms with van der Waals surface area (Å²) < 4.78 is 13.1. The Kier molecular flexibility index (Phi) is 7.25. The van der Waals surface area contributed by atoms with Gasteiger partial charge in [-0.3, -0.25) is 4.57 Å². The van der Waals surface area contributed by atoms with Crippen molar-refractivity contribution in [1.82, 2.24) is 15.0 Å². The van der Waals surface area contributed by atoms with Crippen LogP contribution in [0.3, 0.4) is 0 Å². The third-order valence-corrected chi connectivity index (χ3v) is 5.17. The van der Waals surface area contributed by atoms with Gasteiger partial charge in [-0.05, 0) is 19.1 Å². The van der Waals surface area contributed by atoms with Crippen molar-refractivity contribution < 1.29 is 9.09 Å². The number of hydrogen-bond donors (Lipinski definition) is 0. The van der Waals surface area contributed by atoms with E-state index in [2.05, 4.69) is 15.0 Å². The predicted octanol–water partition coefficient (Wildman–Crippen LogP) is 5.33. The Bertz CT molecular complexity index is 745. The molecule has 0 saturated heterocycles. The number of benzene rings is 1. The Morgan fingerprint density at radius 3 is 1.80 bits per heavy atom. The minimum atomic E-state index is -2.31. The Morgan fingerprint density at radius 1 is 0.920 bits per heavy atom. The third kappa shape index (κ3) is 5.82. The number of alkyl halides is 6. The molecule has 0 bridgehead atoms. The van der Waals surface area contributed by atoms with Gasteiger partial charge in [0.2, 0.25) is 15.6 Å². The van der Waals surface area contributed by atoms with Gasteiger partial charge in [0.1, 0.15) is 0 Å². The molecule has 0 aliphatic carbocycles. The van der Waals surface area contributed by atoms with Crippen LogP contribution >= 0.6 is 77.6 Å². The van der Waals surface area contributed by atoms with E-state index >= 15 is 0 Å². The molecule has 1 aromatic heterocycles. The van der Waals surface area contributed by atoms with Crippen LogP contribution in [0.2, 0.25) is 0 Å². The first-order valence-electron chi connectivity index (χ1n) is 6.70. The normalized spacial score (nSPS) is 13.7. The Morgan fingerprint density at radius 2 is 1.40 bits per heavy atom. The second-order valence-corrected chi connectivity index (χ2v) is 10.6. The zero-order valence-corrected chi connectivity index (χ0v) is 18.0. The fourth-order valence-corrected chi connectivity index (χ4v) is 3.10. The van der Waals surface area contributed by atoms with E-state index < -0.39 is 15.6 Å². The molecule has 0 radical (unpaired) electrons. The van der Waals surface area contributed by atoms with E-state index in [0.29, 0.717) is 17.5 Å². The van der Waals surface area contributed by atoms with Crippen molar-refractivity contribution in [2.24, 2.45) is 0 Å². The molecule has 136 valence electrons. The van der Waals surface area contributed by atoms with Crippen LogP contribution in [0.15, 0.2) is 24.3 Å². The minimum absolute atomic E-state index is 0.139. The van der Waals surface area contributed by atoms with Gasteiger partial charge in [-0.15, -0.1) is 0 Å². The molecule has 1 atom stereocenters. The van der Waals surface area contributed by atoms with Crippen LogP contribution in [0.5, 0.6) is 0 Å². The second kappa shape index (κ2) is 8.45. The first kappa shape index (κ1) is 21.5. The molecule has 2 rings (SSSR count). The van der Waals surface area contributed by atoms with E-state index in [1.54, 1.807) is 31.2 Å². The van der Waals surface area contributed by atoms with Gasteiger partial charge < -0.3 is 4.52 Å². The molecule has 12 heteroatoms. The van der Waals surface area contributed by atoms with E-state index in [1.165, 1.54) is 0 Å². The smallest absolute Gasteiger partial charge is 0.250 e. The zero-order chi connectivity index (χ0) is 18.8. The van der Waals surface area contributed by atoms with Crippen LogP contribution < -0.4 is 5.30 Å². The molecule has 0 saturated carbocycles. The molecule has 0 fully saturated rings. The maximum atomic E-state index is 11.9.